The van der Waals surface area contributed by atoms with E-state index in [1.165, 1.54) is 30.3 Å². The van der Waals surface area contributed by atoms with Crippen molar-refractivity contribution in [2.45, 2.75) is 11.1 Å². The summed E-state index contributed by atoms with van der Waals surface area (Å²) in [6, 6.07) is 10.5. The minimum atomic E-state index is -4.94. The van der Waals surface area contributed by atoms with Crippen molar-refractivity contribution in [3.63, 3.8) is 0 Å². The van der Waals surface area contributed by atoms with Crippen LogP contribution in [0.3, 0.4) is 0 Å². The van der Waals surface area contributed by atoms with Gasteiger partial charge in [0.1, 0.15) is 4.90 Å². The Morgan fingerprint density at radius 2 is 1.48 bits per heavy atom. The molecule has 12 heteroatoms. The van der Waals surface area contributed by atoms with E-state index in [4.69, 9.17) is 5.73 Å². The predicted molar refractivity (Wildman–Crippen MR) is 110 cm³/mol. The van der Waals surface area contributed by atoms with Crippen molar-refractivity contribution in [1.82, 2.24) is 0 Å². The molecule has 0 atom stereocenters. The topological polar surface area (TPSA) is 127 Å². The standard InChI is InChI=1S/C21H13F3N2O5S.Na.H/c22-21(23,24)10-4-3-5-11(8-10)26-14-9-15(32(29,30)31)18(25)17-16(14)19(27)12-6-1-2-7-13(12)20(17)28;;/h1-9,26H,25H2,(H,29,30,31);;/q;+1;-1. The predicted octanol–water partition coefficient (Wildman–Crippen LogP) is 1.17. The molecule has 0 aromatic heterocycles. The van der Waals surface area contributed by atoms with Crippen molar-refractivity contribution in [1.29, 1.82) is 0 Å². The molecule has 4 N–H and O–H groups in total. The Balaban J connectivity index is 0.00000204. The second-order valence-corrected chi connectivity index (χ2v) is 8.36. The van der Waals surface area contributed by atoms with Gasteiger partial charge in [0.05, 0.1) is 28.1 Å². The average molecular weight is 486 g/mol. The van der Waals surface area contributed by atoms with Gasteiger partial charge in [-0.25, -0.2) is 0 Å². The average Bonchev–Trinajstić information content (AvgIpc) is 2.71. The molecule has 0 spiro atoms. The zero-order valence-electron chi connectivity index (χ0n) is 17.9. The van der Waals surface area contributed by atoms with E-state index in [0.717, 1.165) is 24.3 Å². The van der Waals surface area contributed by atoms with E-state index in [2.05, 4.69) is 5.32 Å². The van der Waals surface area contributed by atoms with Crippen molar-refractivity contribution in [3.8, 4) is 0 Å². The van der Waals surface area contributed by atoms with Crippen LogP contribution >= 0.6 is 0 Å². The van der Waals surface area contributed by atoms with Crippen molar-refractivity contribution in [2.75, 3.05) is 11.1 Å². The normalized spacial score (nSPS) is 13.1. The number of anilines is 3. The van der Waals surface area contributed by atoms with Crippen molar-refractivity contribution in [3.05, 3.63) is 82.4 Å². The summed E-state index contributed by atoms with van der Waals surface area (Å²) in [4.78, 5) is 25.4. The van der Waals surface area contributed by atoms with Crippen LogP contribution < -0.4 is 40.6 Å². The Hall–Kier alpha value is -2.70. The van der Waals surface area contributed by atoms with Crippen LogP contribution in [0.15, 0.2) is 59.5 Å². The second kappa shape index (κ2) is 8.58. The van der Waals surface area contributed by atoms with Gasteiger partial charge < -0.3 is 12.5 Å². The Labute approximate surface area is 209 Å². The van der Waals surface area contributed by atoms with Crippen LogP contribution in [-0.2, 0) is 16.3 Å². The zero-order valence-corrected chi connectivity index (χ0v) is 19.7. The van der Waals surface area contributed by atoms with E-state index in [9.17, 15) is 35.7 Å². The number of ketones is 2. The van der Waals surface area contributed by atoms with E-state index >= 15 is 0 Å². The molecule has 33 heavy (non-hydrogen) atoms. The molecule has 0 fully saturated rings. The molecule has 0 saturated heterocycles. The number of nitrogen functional groups attached to an aromatic ring is 1. The van der Waals surface area contributed by atoms with E-state index < -0.39 is 49.6 Å². The summed E-state index contributed by atoms with van der Waals surface area (Å²) in [5, 5.41) is 2.56. The van der Waals surface area contributed by atoms with Gasteiger partial charge in [0.25, 0.3) is 10.1 Å². The van der Waals surface area contributed by atoms with Gasteiger partial charge in [0.2, 0.25) is 0 Å². The Bertz CT molecular complexity index is 1430. The third-order valence-electron chi connectivity index (χ3n) is 4.95. The van der Waals surface area contributed by atoms with Crippen LogP contribution in [0.2, 0.25) is 0 Å². The minimum Gasteiger partial charge on any atom is -1.00 e. The van der Waals surface area contributed by atoms with Gasteiger partial charge in [-0.2, -0.15) is 21.6 Å². The number of carbonyl (C=O) groups is 2. The molecule has 0 heterocycles. The molecule has 7 nitrogen and oxygen atoms in total. The molecule has 1 aliphatic rings. The Kier molecular flexibility index (Phi) is 6.48. The zero-order chi connectivity index (χ0) is 23.4. The fourth-order valence-corrected chi connectivity index (χ4v) is 4.18. The largest absolute Gasteiger partial charge is 1.00 e. The molecule has 3 aromatic carbocycles. The summed E-state index contributed by atoms with van der Waals surface area (Å²) in [6.07, 6.45) is -4.65. The molecule has 1 aliphatic carbocycles. The first-order valence-electron chi connectivity index (χ1n) is 8.96. The SMILES string of the molecule is Nc1c(S(=O)(=O)O)cc(Nc2cccc(C(F)(F)F)c2)c2c1C(=O)c1ccccc1C2=O.[H-].[Na+]. The van der Waals surface area contributed by atoms with Gasteiger partial charge >= 0.3 is 35.7 Å². The number of halogens is 3. The molecule has 3 aromatic rings. The Morgan fingerprint density at radius 1 is 0.909 bits per heavy atom. The second-order valence-electron chi connectivity index (χ2n) is 6.97. The molecular weight excluding hydrogens is 472 g/mol. The van der Waals surface area contributed by atoms with Crippen LogP contribution in [0.25, 0.3) is 0 Å². The monoisotopic (exact) mass is 486 g/mol. The number of fused-ring (bicyclic) bond motifs is 2. The van der Waals surface area contributed by atoms with Gasteiger partial charge in [0, 0.05) is 16.8 Å². The fourth-order valence-electron chi connectivity index (χ4n) is 3.53. The smallest absolute Gasteiger partial charge is 1.00 e. The van der Waals surface area contributed by atoms with E-state index in [1.807, 2.05) is 0 Å². The van der Waals surface area contributed by atoms with Crippen molar-refractivity contribution < 1.29 is 66.7 Å². The van der Waals surface area contributed by atoms with Gasteiger partial charge in [-0.1, -0.05) is 30.3 Å². The number of hydrogen-bond donors (Lipinski definition) is 3. The minimum absolute atomic E-state index is 0. The number of nitrogens with one attached hydrogen (secondary N) is 1. The van der Waals surface area contributed by atoms with Gasteiger partial charge in [-0.05, 0) is 24.3 Å². The quantitative estimate of drug-likeness (QED) is 0.225. The number of rotatable bonds is 3. The molecule has 0 saturated carbocycles. The van der Waals surface area contributed by atoms with Crippen LogP contribution in [0.5, 0.6) is 0 Å². The first-order valence-corrected chi connectivity index (χ1v) is 10.4. The summed E-state index contributed by atoms with van der Waals surface area (Å²) in [6.45, 7) is 0. The maximum absolute atomic E-state index is 13.2. The maximum Gasteiger partial charge on any atom is 1.00 e. The van der Waals surface area contributed by atoms with E-state index in [-0.39, 0.29) is 59.0 Å². The molecule has 4 rings (SSSR count). The molecule has 0 bridgehead atoms. The number of benzene rings is 3. The molecule has 0 unspecified atom stereocenters. The summed E-state index contributed by atoms with van der Waals surface area (Å²) in [5.74, 6) is -1.44. The van der Waals surface area contributed by atoms with Crippen LogP contribution in [0, 0.1) is 0 Å². The fraction of sp³-hybridized carbons (Fsp3) is 0.0476. The van der Waals surface area contributed by atoms with Crippen molar-refractivity contribution >= 4 is 38.7 Å². The summed E-state index contributed by atoms with van der Waals surface area (Å²) < 4.78 is 72.5. The van der Waals surface area contributed by atoms with Crippen LogP contribution in [0.4, 0.5) is 30.2 Å². The molecule has 0 aliphatic heterocycles. The van der Waals surface area contributed by atoms with Gasteiger partial charge in [0.15, 0.2) is 11.6 Å². The first kappa shape index (κ1) is 24.9. The molecule has 0 amide bonds. The number of nitrogens with two attached hydrogens (primary N) is 1. The van der Waals surface area contributed by atoms with Crippen LogP contribution in [-0.4, -0.2) is 24.5 Å². The number of carbonyl (C=O) groups excluding carboxylic acids is 2. The Morgan fingerprint density at radius 3 is 2.03 bits per heavy atom. The molecule has 0 radical (unpaired) electrons. The maximum atomic E-state index is 13.2. The first-order chi connectivity index (χ1) is 14.9. The number of hydrogen-bond acceptors (Lipinski definition) is 6. The summed E-state index contributed by atoms with van der Waals surface area (Å²) in [5.41, 5.74) is 3.04. The molecular formula is C21H14F3N2NaO5S. The molecule has 166 valence electrons. The van der Waals surface area contributed by atoms with E-state index in [1.54, 1.807) is 0 Å². The summed E-state index contributed by atoms with van der Waals surface area (Å²) in [7, 11) is -4.94. The van der Waals surface area contributed by atoms with Crippen LogP contribution in [0.1, 0.15) is 38.8 Å². The van der Waals surface area contributed by atoms with E-state index in [0.29, 0.717) is 0 Å². The third kappa shape index (κ3) is 4.42. The van der Waals surface area contributed by atoms with Gasteiger partial charge in [-0.3, -0.25) is 14.1 Å². The number of alkyl halides is 3. The summed E-state index contributed by atoms with van der Waals surface area (Å²) >= 11 is 0. The third-order valence-corrected chi connectivity index (χ3v) is 5.84. The van der Waals surface area contributed by atoms with Gasteiger partial charge in [-0.15, -0.1) is 0 Å². The van der Waals surface area contributed by atoms with Crippen molar-refractivity contribution in [2.24, 2.45) is 0 Å².